The van der Waals surface area contributed by atoms with Crippen LogP contribution in [0.15, 0.2) is 279 Å². The molecule has 0 fully saturated rings. The van der Waals surface area contributed by atoms with Crippen molar-refractivity contribution in [2.75, 3.05) is 0 Å². The number of carbonyl (C=O) groups excluding carboxylic acids is 2. The van der Waals surface area contributed by atoms with Gasteiger partial charge in [0.15, 0.2) is 11.6 Å². The molecule has 2 N–H and O–H groups in total. The number of carbonyl (C=O) groups is 2. The van der Waals surface area contributed by atoms with Crippen molar-refractivity contribution in [3.63, 3.8) is 0 Å². The fourth-order valence-corrected chi connectivity index (χ4v) is 9.71. The Morgan fingerprint density at radius 2 is 0.625 bits per heavy atom. The van der Waals surface area contributed by atoms with Crippen LogP contribution in [0.3, 0.4) is 0 Å². The van der Waals surface area contributed by atoms with Gasteiger partial charge in [-0.05, 0) is 123 Å². The Labute approximate surface area is 621 Å². The molecule has 4 radical (unpaired) electrons. The Kier molecular flexibility index (Phi) is 36.3. The summed E-state index contributed by atoms with van der Waals surface area (Å²) in [5, 5.41) is 16.7. The Balaban J connectivity index is 0.000000309. The zero-order chi connectivity index (χ0) is 65.8. The molecular formula is C84H76Ir4N4O4-4. The van der Waals surface area contributed by atoms with Crippen LogP contribution >= 0.6 is 0 Å². The second-order valence-corrected chi connectivity index (χ2v) is 22.1. The van der Waals surface area contributed by atoms with E-state index in [9.17, 15) is 9.59 Å². The molecule has 0 aliphatic carbocycles. The van der Waals surface area contributed by atoms with Gasteiger partial charge in [0, 0.05) is 117 Å². The molecule has 0 saturated heterocycles. The summed E-state index contributed by atoms with van der Waals surface area (Å²) in [5.74, 6) is -0.125. The van der Waals surface area contributed by atoms with Crippen LogP contribution in [0.2, 0.25) is 0 Å². The van der Waals surface area contributed by atoms with Gasteiger partial charge in [-0.1, -0.05) is 182 Å². The second kappa shape index (κ2) is 42.7. The molecule has 12 heteroatoms. The summed E-state index contributed by atoms with van der Waals surface area (Å²) >= 11 is 0. The van der Waals surface area contributed by atoms with Gasteiger partial charge in [0.25, 0.3) is 0 Å². The van der Waals surface area contributed by atoms with E-state index in [2.05, 4.69) is 195 Å². The van der Waals surface area contributed by atoms with Crippen LogP contribution in [0.5, 0.6) is 0 Å². The fraction of sp³-hybridized carbons (Fsp3) is 0.119. The maximum Gasteiger partial charge on any atom is 0.155 e. The maximum atomic E-state index is 10.0. The van der Waals surface area contributed by atoms with Crippen molar-refractivity contribution in [3.05, 3.63) is 337 Å². The number of rotatable bonds is 10. The minimum atomic E-state index is -0.125. The summed E-state index contributed by atoms with van der Waals surface area (Å²) in [4.78, 5) is 38.2. The van der Waals surface area contributed by atoms with Gasteiger partial charge in [0.2, 0.25) is 0 Å². The van der Waals surface area contributed by atoms with E-state index in [0.717, 1.165) is 67.3 Å². The molecule has 0 spiro atoms. The van der Waals surface area contributed by atoms with Crippen LogP contribution in [-0.2, 0) is 90.0 Å². The van der Waals surface area contributed by atoms with E-state index in [-0.39, 0.29) is 104 Å². The molecule has 4 heterocycles. The van der Waals surface area contributed by atoms with Crippen molar-refractivity contribution in [1.82, 2.24) is 19.9 Å². The molecule has 4 aromatic heterocycles. The number of benzene rings is 8. The van der Waals surface area contributed by atoms with Gasteiger partial charge in [0.05, 0.1) is 11.5 Å². The van der Waals surface area contributed by atoms with E-state index >= 15 is 0 Å². The van der Waals surface area contributed by atoms with E-state index in [0.29, 0.717) is 0 Å². The second-order valence-electron chi connectivity index (χ2n) is 22.1. The smallest absolute Gasteiger partial charge is 0.155 e. The number of aryl methyl sites for hydroxylation is 6. The van der Waals surface area contributed by atoms with Crippen molar-refractivity contribution < 1.29 is 100 Å². The van der Waals surface area contributed by atoms with Gasteiger partial charge in [-0.25, -0.2) is 0 Å². The predicted molar refractivity (Wildman–Crippen MR) is 378 cm³/mol. The first-order chi connectivity index (χ1) is 44.4. The number of allylic oxidation sites excluding steroid dienone is 4. The van der Waals surface area contributed by atoms with Crippen molar-refractivity contribution in [2.45, 2.75) is 69.2 Å². The van der Waals surface area contributed by atoms with Crippen LogP contribution < -0.4 is 0 Å². The Morgan fingerprint density at radius 3 is 0.875 bits per heavy atom. The van der Waals surface area contributed by atoms with Crippen LogP contribution in [0.25, 0.3) is 89.5 Å². The first-order valence-electron chi connectivity index (χ1n) is 30.2. The van der Waals surface area contributed by atoms with Crippen LogP contribution in [0.4, 0.5) is 0 Å². The topological polar surface area (TPSA) is 126 Å². The molecule has 12 aromatic rings. The molecule has 0 bridgehead atoms. The molecule has 0 aliphatic heterocycles. The Hall–Kier alpha value is -8.62. The number of hydrogen-bond acceptors (Lipinski definition) is 8. The maximum absolute atomic E-state index is 10.0. The van der Waals surface area contributed by atoms with Gasteiger partial charge in [-0.2, -0.15) is 0 Å². The monoisotopic (exact) mass is 1980 g/mol. The molecule has 8 nitrogen and oxygen atoms in total. The molecular weight excluding hydrogens is 1900 g/mol. The fourth-order valence-electron chi connectivity index (χ4n) is 9.71. The summed E-state index contributed by atoms with van der Waals surface area (Å²) in [6.45, 7) is 18.4. The third-order valence-corrected chi connectivity index (χ3v) is 13.7. The third kappa shape index (κ3) is 27.6. The average molecular weight is 1970 g/mol. The zero-order valence-electron chi connectivity index (χ0n) is 55.2. The van der Waals surface area contributed by atoms with Crippen molar-refractivity contribution in [3.8, 4) is 89.5 Å². The number of pyridine rings is 4. The van der Waals surface area contributed by atoms with Crippen LogP contribution in [0.1, 0.15) is 61.1 Å². The Bertz CT molecular complexity index is 4070. The van der Waals surface area contributed by atoms with E-state index in [1.165, 1.54) is 95.5 Å². The van der Waals surface area contributed by atoms with E-state index in [4.69, 9.17) is 10.2 Å². The van der Waals surface area contributed by atoms with E-state index in [1.807, 2.05) is 146 Å². The summed E-state index contributed by atoms with van der Waals surface area (Å²) in [6.07, 6.45) is 10.0. The van der Waals surface area contributed by atoms with E-state index in [1.54, 1.807) is 0 Å². The summed E-state index contributed by atoms with van der Waals surface area (Å²) in [7, 11) is 0. The van der Waals surface area contributed by atoms with Gasteiger partial charge in [-0.3, -0.25) is 9.59 Å². The number of aromatic nitrogens is 4. The quantitative estimate of drug-likeness (QED) is 0.0788. The minimum Gasteiger partial charge on any atom is -0.512 e. The normalized spacial score (nSPS) is 10.1. The van der Waals surface area contributed by atoms with Crippen molar-refractivity contribution >= 4 is 11.6 Å². The van der Waals surface area contributed by atoms with Gasteiger partial charge >= 0.3 is 0 Å². The summed E-state index contributed by atoms with van der Waals surface area (Å²) < 4.78 is 0. The standard InChI is InChI=1S/3C19H16N.C17H12N.2C5H8O2.4Ir/c1-14-8-10-18(15(2)12-14)19-11-9-17(13-20-19)16-6-4-3-5-7-16;2*1-14-10-15(2)12-18(11-14)17-8-9-19(20-13-17)16-6-4-3-5-7-16;1-3-7-14(8-4-1)16-11-12-17(18-13-16)15-9-5-2-6-10-15;2*1-4(6)3-5(2)7;;;;/h3-9,11-13H,1-2H3;2*3-6,8-13H,1-2H3;1-9,11-13H;2*3,6H,1-2H3;;;;/q4*-1;;;;;;. The van der Waals surface area contributed by atoms with Crippen molar-refractivity contribution in [1.29, 1.82) is 0 Å². The molecule has 12 rings (SSSR count). The number of ketones is 2. The number of nitrogens with zero attached hydrogens (tertiary/aromatic N) is 4. The van der Waals surface area contributed by atoms with Crippen LogP contribution in [-0.4, -0.2) is 41.7 Å². The van der Waals surface area contributed by atoms with Gasteiger partial charge in [0.1, 0.15) is 0 Å². The SMILES string of the molecule is CC(=O)C=C(C)O.CC(=O)C=C(C)O.Cc1c[c-]c(-c2ccc(-c3ccccc3)cn2)c(C)c1.Cc1cc(C)cc(-c2ccc(-c3[c-]cccc3)nc2)c1.Cc1cc(C)cc(-c2ccc(-c3[c-]cccc3)nc2)c1.[Ir].[Ir].[Ir].[Ir].[c-]1ccccc1-c1ccc(-c2ccccc2)cn1. The van der Waals surface area contributed by atoms with Gasteiger partial charge in [-0.15, -0.1) is 143 Å². The van der Waals surface area contributed by atoms with Crippen LogP contribution in [0, 0.1) is 65.8 Å². The largest absolute Gasteiger partial charge is 0.512 e. The average Bonchev–Trinajstić information content (AvgIpc) is 1.09. The van der Waals surface area contributed by atoms with Crippen molar-refractivity contribution in [2.24, 2.45) is 0 Å². The minimum absolute atomic E-state index is 0. The molecule has 0 unspecified atom stereocenters. The molecule has 96 heavy (non-hydrogen) atoms. The van der Waals surface area contributed by atoms with E-state index < -0.39 is 0 Å². The summed E-state index contributed by atoms with van der Waals surface area (Å²) in [6, 6.07) is 91.2. The summed E-state index contributed by atoms with van der Waals surface area (Å²) in [5.41, 5.74) is 24.9. The number of aliphatic hydroxyl groups is 2. The Morgan fingerprint density at radius 1 is 0.323 bits per heavy atom. The molecule has 8 aromatic carbocycles. The number of hydrogen-bond donors (Lipinski definition) is 2. The molecule has 0 atom stereocenters. The molecule has 496 valence electrons. The molecule has 0 amide bonds. The molecule has 0 aliphatic rings. The predicted octanol–water partition coefficient (Wildman–Crippen LogP) is 20.8. The third-order valence-electron chi connectivity index (χ3n) is 13.7. The first kappa shape index (κ1) is 81.6. The van der Waals surface area contributed by atoms with Gasteiger partial charge < -0.3 is 30.1 Å². The first-order valence-corrected chi connectivity index (χ1v) is 30.2. The number of aliphatic hydroxyl groups excluding tert-OH is 2. The molecule has 0 saturated carbocycles. The zero-order valence-corrected chi connectivity index (χ0v) is 64.8.